The van der Waals surface area contributed by atoms with E-state index in [1.54, 1.807) is 4.90 Å². The molecule has 2 amide bonds. The quantitative estimate of drug-likeness (QED) is 0.814. The molecule has 25 heavy (non-hydrogen) atoms. The van der Waals surface area contributed by atoms with Crippen molar-refractivity contribution in [2.75, 3.05) is 11.5 Å². The Balaban J connectivity index is 1.81. The van der Waals surface area contributed by atoms with E-state index in [1.807, 2.05) is 56.3 Å². The van der Waals surface area contributed by atoms with E-state index >= 15 is 0 Å². The summed E-state index contributed by atoms with van der Waals surface area (Å²) in [6, 6.07) is 13.2. The average molecular weight is 403 g/mol. The van der Waals surface area contributed by atoms with Gasteiger partial charge in [-0.3, -0.25) is 4.90 Å². The number of urea groups is 1. The smallest absolute Gasteiger partial charge is 0.325 e. The Morgan fingerprint density at radius 3 is 2.92 bits per heavy atom. The van der Waals surface area contributed by atoms with Crippen LogP contribution in [0.4, 0.5) is 10.5 Å². The molecule has 2 aliphatic rings. The highest BCUT2D eigenvalue weighted by atomic mass is 79.9. The van der Waals surface area contributed by atoms with Gasteiger partial charge in [0.2, 0.25) is 0 Å². The largest absolute Gasteiger partial charge is 0.490 e. The number of carbonyl (C=O) groups excluding carboxylic acids is 1. The third-order valence-electron chi connectivity index (χ3n) is 4.63. The molecule has 0 saturated carbocycles. The van der Waals surface area contributed by atoms with Crippen molar-refractivity contribution in [1.82, 2.24) is 5.32 Å². The molecule has 5 nitrogen and oxygen atoms in total. The first kappa shape index (κ1) is 16.3. The molecule has 0 aromatic heterocycles. The molecule has 1 N–H and O–H groups in total. The van der Waals surface area contributed by atoms with Crippen molar-refractivity contribution in [3.8, 4) is 11.5 Å². The minimum absolute atomic E-state index is 0.0925. The van der Waals surface area contributed by atoms with Crippen molar-refractivity contribution in [3.05, 3.63) is 52.5 Å². The van der Waals surface area contributed by atoms with Crippen LogP contribution in [-0.4, -0.2) is 18.4 Å². The Labute approximate surface area is 155 Å². The molecule has 1 saturated heterocycles. The molecule has 2 aromatic rings. The zero-order chi connectivity index (χ0) is 17.6. The van der Waals surface area contributed by atoms with E-state index in [0.717, 1.165) is 15.7 Å². The highest BCUT2D eigenvalue weighted by Crippen LogP contribution is 2.49. The normalized spacial score (nSPS) is 24.2. The van der Waals surface area contributed by atoms with Crippen LogP contribution in [0.1, 0.15) is 31.9 Å². The molecule has 0 radical (unpaired) electrons. The number of amides is 2. The van der Waals surface area contributed by atoms with E-state index in [9.17, 15) is 4.79 Å². The fraction of sp³-hybridized carbons (Fsp3) is 0.316. The fourth-order valence-corrected chi connectivity index (χ4v) is 4.02. The van der Waals surface area contributed by atoms with E-state index < -0.39 is 5.72 Å². The van der Waals surface area contributed by atoms with E-state index in [1.165, 1.54) is 0 Å². The first-order valence-corrected chi connectivity index (χ1v) is 9.12. The molecular weight excluding hydrogens is 384 g/mol. The number of fused-ring (bicyclic) bond motifs is 4. The maximum absolute atomic E-state index is 12.8. The molecule has 0 spiro atoms. The lowest BCUT2D eigenvalue weighted by Crippen LogP contribution is -2.65. The summed E-state index contributed by atoms with van der Waals surface area (Å²) in [4.78, 5) is 14.5. The number of anilines is 1. The van der Waals surface area contributed by atoms with Crippen LogP contribution in [0.5, 0.6) is 11.5 Å². The van der Waals surface area contributed by atoms with Crippen LogP contribution in [0.3, 0.4) is 0 Å². The predicted molar refractivity (Wildman–Crippen MR) is 99.2 cm³/mol. The summed E-state index contributed by atoms with van der Waals surface area (Å²) >= 11 is 3.47. The van der Waals surface area contributed by atoms with Crippen molar-refractivity contribution >= 4 is 27.6 Å². The third kappa shape index (κ3) is 2.65. The monoisotopic (exact) mass is 402 g/mol. The second-order valence-corrected chi connectivity index (χ2v) is 7.32. The van der Waals surface area contributed by atoms with E-state index in [-0.39, 0.29) is 12.1 Å². The Bertz CT molecular complexity index is 841. The van der Waals surface area contributed by atoms with Gasteiger partial charge in [-0.25, -0.2) is 4.79 Å². The van der Waals surface area contributed by atoms with Crippen molar-refractivity contribution in [2.24, 2.45) is 0 Å². The second-order valence-electron chi connectivity index (χ2n) is 6.41. The first-order valence-electron chi connectivity index (χ1n) is 8.33. The lowest BCUT2D eigenvalue weighted by atomic mass is 9.90. The van der Waals surface area contributed by atoms with Crippen molar-refractivity contribution in [2.45, 2.75) is 32.0 Å². The van der Waals surface area contributed by atoms with Crippen LogP contribution < -0.4 is 19.7 Å². The Morgan fingerprint density at radius 2 is 2.16 bits per heavy atom. The standard InChI is InChI=1S/C19H19BrN2O3/c1-3-24-16-9-5-8-14-15-11-19(2,25-17(14)16)22(18(23)21-15)13-7-4-6-12(20)10-13/h4-10,15H,3,11H2,1-2H3,(H,21,23)/t15-,19+/m0/s1. The minimum Gasteiger partial charge on any atom is -0.490 e. The summed E-state index contributed by atoms with van der Waals surface area (Å²) in [5.41, 5.74) is 0.962. The third-order valence-corrected chi connectivity index (χ3v) is 5.12. The van der Waals surface area contributed by atoms with Gasteiger partial charge in [0.05, 0.1) is 18.3 Å². The number of halogens is 1. The topological polar surface area (TPSA) is 50.8 Å². The SMILES string of the molecule is CCOc1cccc2c1O[C@]1(C)C[C@@H]2NC(=O)N1c1cccc(Br)c1. The molecule has 2 heterocycles. The number of para-hydroxylation sites is 1. The van der Waals surface area contributed by atoms with Gasteiger partial charge in [0.25, 0.3) is 0 Å². The number of benzene rings is 2. The number of rotatable bonds is 3. The molecular formula is C19H19BrN2O3. The number of nitrogens with one attached hydrogen (secondary N) is 1. The summed E-state index contributed by atoms with van der Waals surface area (Å²) < 4.78 is 13.0. The van der Waals surface area contributed by atoms with Crippen LogP contribution in [-0.2, 0) is 0 Å². The van der Waals surface area contributed by atoms with Gasteiger partial charge < -0.3 is 14.8 Å². The van der Waals surface area contributed by atoms with Crippen molar-refractivity contribution in [1.29, 1.82) is 0 Å². The van der Waals surface area contributed by atoms with Crippen LogP contribution in [0, 0.1) is 0 Å². The molecule has 2 bridgehead atoms. The summed E-state index contributed by atoms with van der Waals surface area (Å²) in [5, 5.41) is 3.10. The molecule has 130 valence electrons. The zero-order valence-electron chi connectivity index (χ0n) is 14.1. The molecule has 6 heteroatoms. The molecule has 2 aliphatic heterocycles. The molecule has 4 rings (SSSR count). The van der Waals surface area contributed by atoms with Crippen molar-refractivity contribution < 1.29 is 14.3 Å². The van der Waals surface area contributed by atoms with E-state index in [2.05, 4.69) is 21.2 Å². The minimum atomic E-state index is -0.784. The summed E-state index contributed by atoms with van der Waals surface area (Å²) in [7, 11) is 0. The number of ether oxygens (including phenoxy) is 2. The Hall–Kier alpha value is -2.21. The fourth-order valence-electron chi connectivity index (χ4n) is 3.64. The van der Waals surface area contributed by atoms with Gasteiger partial charge in [0.15, 0.2) is 17.2 Å². The average Bonchev–Trinajstić information content (AvgIpc) is 2.55. The van der Waals surface area contributed by atoms with Crippen LogP contribution in [0.25, 0.3) is 0 Å². The Kier molecular flexibility index (Phi) is 3.87. The molecule has 1 fully saturated rings. The van der Waals surface area contributed by atoms with Gasteiger partial charge in [-0.05, 0) is 38.1 Å². The first-order chi connectivity index (χ1) is 12.0. The Morgan fingerprint density at radius 1 is 1.36 bits per heavy atom. The lowest BCUT2D eigenvalue weighted by molar-refractivity contribution is 0.0343. The number of hydrogen-bond acceptors (Lipinski definition) is 3. The number of carbonyl (C=O) groups is 1. The van der Waals surface area contributed by atoms with Gasteiger partial charge in [0, 0.05) is 16.5 Å². The maximum Gasteiger partial charge on any atom is 0.325 e. The summed E-state index contributed by atoms with van der Waals surface area (Å²) in [6.45, 7) is 4.45. The van der Waals surface area contributed by atoms with Gasteiger partial charge in [0.1, 0.15) is 0 Å². The molecule has 0 unspecified atom stereocenters. The van der Waals surface area contributed by atoms with Crippen LogP contribution in [0.2, 0.25) is 0 Å². The maximum atomic E-state index is 12.8. The highest BCUT2D eigenvalue weighted by molar-refractivity contribution is 9.10. The van der Waals surface area contributed by atoms with Gasteiger partial charge in [-0.1, -0.05) is 34.1 Å². The lowest BCUT2D eigenvalue weighted by Gasteiger charge is -2.50. The summed E-state index contributed by atoms with van der Waals surface area (Å²) in [5.74, 6) is 1.42. The predicted octanol–water partition coefficient (Wildman–Crippen LogP) is 4.62. The van der Waals surface area contributed by atoms with Gasteiger partial charge in [-0.15, -0.1) is 0 Å². The van der Waals surface area contributed by atoms with Gasteiger partial charge in [-0.2, -0.15) is 0 Å². The van der Waals surface area contributed by atoms with Crippen molar-refractivity contribution in [3.63, 3.8) is 0 Å². The molecule has 0 aliphatic carbocycles. The number of hydrogen-bond donors (Lipinski definition) is 1. The van der Waals surface area contributed by atoms with E-state index in [0.29, 0.717) is 24.5 Å². The van der Waals surface area contributed by atoms with Crippen LogP contribution >= 0.6 is 15.9 Å². The highest BCUT2D eigenvalue weighted by Gasteiger charge is 2.50. The zero-order valence-corrected chi connectivity index (χ0v) is 15.7. The molecule has 2 aromatic carbocycles. The van der Waals surface area contributed by atoms with E-state index in [4.69, 9.17) is 9.47 Å². The molecule has 2 atom stereocenters. The van der Waals surface area contributed by atoms with Gasteiger partial charge >= 0.3 is 6.03 Å². The van der Waals surface area contributed by atoms with Crippen LogP contribution in [0.15, 0.2) is 46.9 Å². The number of nitrogens with zero attached hydrogens (tertiary/aromatic N) is 1. The summed E-state index contributed by atoms with van der Waals surface area (Å²) in [6.07, 6.45) is 0.661. The second kappa shape index (κ2) is 5.95.